The van der Waals surface area contributed by atoms with Crippen LogP contribution in [-0.4, -0.2) is 34.0 Å². The first-order valence-corrected chi connectivity index (χ1v) is 11.4. The van der Waals surface area contributed by atoms with E-state index in [1.165, 1.54) is 24.2 Å². The maximum absolute atomic E-state index is 15.1. The van der Waals surface area contributed by atoms with Crippen molar-refractivity contribution in [3.8, 4) is 0 Å². The van der Waals surface area contributed by atoms with Crippen LogP contribution < -0.4 is 10.2 Å². The minimum Gasteiger partial charge on any atom is -0.443 e. The number of aromatic nitrogens is 1. The van der Waals surface area contributed by atoms with Gasteiger partial charge in [0, 0.05) is 18.7 Å². The van der Waals surface area contributed by atoms with Gasteiger partial charge in [-0.1, -0.05) is 45.0 Å². The quantitative estimate of drug-likeness (QED) is 0.301. The van der Waals surface area contributed by atoms with Crippen LogP contribution in [0.5, 0.6) is 0 Å². The molecule has 1 aliphatic heterocycles. The maximum Gasteiger partial charge on any atom is 0.322 e. The summed E-state index contributed by atoms with van der Waals surface area (Å²) in [4.78, 5) is 22.5. The van der Waals surface area contributed by atoms with E-state index in [1.807, 2.05) is 20.8 Å². The van der Waals surface area contributed by atoms with Crippen LogP contribution >= 0.6 is 11.6 Å². The smallest absolute Gasteiger partial charge is 0.322 e. The summed E-state index contributed by atoms with van der Waals surface area (Å²) < 4.78 is 33.6. The molecule has 170 valence electrons. The zero-order valence-corrected chi connectivity index (χ0v) is 19.8. The molecule has 2 amide bonds. The number of urea groups is 1. The predicted octanol–water partition coefficient (Wildman–Crippen LogP) is 4.62. The van der Waals surface area contributed by atoms with E-state index in [-0.39, 0.29) is 34.5 Å². The number of hydrogen-bond acceptors (Lipinski definition) is 5. The van der Waals surface area contributed by atoms with Gasteiger partial charge in [0.2, 0.25) is 5.90 Å². The van der Waals surface area contributed by atoms with Gasteiger partial charge in [0.05, 0.1) is 33.5 Å². The summed E-state index contributed by atoms with van der Waals surface area (Å²) in [5.74, 6) is -0.389. The summed E-state index contributed by atoms with van der Waals surface area (Å²) in [6.07, 6.45) is 1.54. The van der Waals surface area contributed by atoms with Crippen LogP contribution in [0.1, 0.15) is 31.9 Å². The molecular weight excluding hydrogens is 455 g/mol. The fourth-order valence-corrected chi connectivity index (χ4v) is 4.00. The minimum atomic E-state index is -1.64. The van der Waals surface area contributed by atoms with Crippen molar-refractivity contribution in [2.24, 2.45) is 10.4 Å². The highest BCUT2D eigenvalue weighted by Gasteiger charge is 2.29. The molecule has 32 heavy (non-hydrogen) atoms. The van der Waals surface area contributed by atoms with E-state index in [2.05, 4.69) is 21.9 Å². The standard InChI is InChI=1S/C22H24ClFN4O3S/c1-13(22(2,3)4)31-20(25-5)15-8-17-18(9-16(15)24)32(30)12-27-21(29)28(17)11-14-6-7-19(23)26-10-14/h6-10H,1,11-12H2,2-5H3,(H,27,29). The average molecular weight is 479 g/mol. The molecule has 0 radical (unpaired) electrons. The Hall–Kier alpha value is -2.78. The number of aliphatic imine (C=N–C) groups is 1. The fourth-order valence-electron chi connectivity index (χ4n) is 2.84. The molecule has 1 aliphatic rings. The average Bonchev–Trinajstić information content (AvgIpc) is 2.84. The molecule has 0 aliphatic carbocycles. The molecule has 2 aromatic rings. The number of carbonyl (C=O) groups excluding carboxylic acids is 1. The van der Waals surface area contributed by atoms with Crippen molar-refractivity contribution in [1.82, 2.24) is 10.3 Å². The van der Waals surface area contributed by atoms with Crippen LogP contribution in [0.3, 0.4) is 0 Å². The van der Waals surface area contributed by atoms with Gasteiger partial charge in [-0.2, -0.15) is 0 Å². The molecule has 1 unspecified atom stereocenters. The molecule has 1 atom stereocenters. The number of carbonyl (C=O) groups is 1. The van der Waals surface area contributed by atoms with E-state index in [0.717, 1.165) is 6.07 Å². The lowest BCUT2D eigenvalue weighted by Gasteiger charge is -2.25. The maximum atomic E-state index is 15.1. The summed E-state index contributed by atoms with van der Waals surface area (Å²) in [7, 11) is -0.172. The first-order chi connectivity index (χ1) is 15.0. The van der Waals surface area contributed by atoms with E-state index < -0.39 is 28.1 Å². The van der Waals surface area contributed by atoms with Crippen LogP contribution in [0, 0.1) is 11.2 Å². The van der Waals surface area contributed by atoms with E-state index in [4.69, 9.17) is 16.3 Å². The lowest BCUT2D eigenvalue weighted by molar-refractivity contribution is 0.247. The molecule has 0 saturated heterocycles. The van der Waals surface area contributed by atoms with Gasteiger partial charge in [-0.25, -0.2) is 14.2 Å². The molecule has 2 heterocycles. The second-order valence-corrected chi connectivity index (χ2v) is 9.96. The first kappa shape index (κ1) is 23.9. The predicted molar refractivity (Wildman–Crippen MR) is 124 cm³/mol. The monoisotopic (exact) mass is 478 g/mol. The van der Waals surface area contributed by atoms with Gasteiger partial charge in [-0.15, -0.1) is 0 Å². The molecule has 1 aromatic heterocycles. The second-order valence-electron chi connectivity index (χ2n) is 8.15. The summed E-state index contributed by atoms with van der Waals surface area (Å²) in [6.45, 7) is 9.74. The van der Waals surface area contributed by atoms with Crippen molar-refractivity contribution in [2.45, 2.75) is 32.2 Å². The molecule has 0 bridgehead atoms. The van der Waals surface area contributed by atoms with Crippen LogP contribution in [-0.2, 0) is 22.1 Å². The molecule has 3 rings (SSSR count). The summed E-state index contributed by atoms with van der Waals surface area (Å²) in [5, 5.41) is 2.92. The number of pyridine rings is 1. The van der Waals surface area contributed by atoms with Gasteiger partial charge >= 0.3 is 6.03 Å². The third-order valence-corrected chi connectivity index (χ3v) is 6.25. The van der Waals surface area contributed by atoms with Crippen molar-refractivity contribution in [1.29, 1.82) is 0 Å². The van der Waals surface area contributed by atoms with Gasteiger partial charge < -0.3 is 10.1 Å². The number of amides is 2. The van der Waals surface area contributed by atoms with Gasteiger partial charge in [0.15, 0.2) is 0 Å². The van der Waals surface area contributed by atoms with E-state index >= 15 is 4.39 Å². The number of benzene rings is 1. The molecule has 1 N–H and O–H groups in total. The van der Waals surface area contributed by atoms with E-state index in [0.29, 0.717) is 16.5 Å². The van der Waals surface area contributed by atoms with Crippen molar-refractivity contribution in [3.05, 3.63) is 64.9 Å². The molecule has 0 saturated carbocycles. The number of fused-ring (bicyclic) bond motifs is 1. The second kappa shape index (κ2) is 9.38. The Morgan fingerprint density at radius 3 is 2.72 bits per heavy atom. The number of allylic oxidation sites excluding steroid dienone is 1. The Morgan fingerprint density at radius 2 is 2.12 bits per heavy atom. The number of nitrogens with one attached hydrogen (secondary N) is 1. The van der Waals surface area contributed by atoms with Gasteiger partial charge in [0.1, 0.15) is 22.6 Å². The summed E-state index contributed by atoms with van der Waals surface area (Å²) in [6, 6.07) is 5.44. The Balaban J connectivity index is 2.08. The number of halogens is 2. The van der Waals surface area contributed by atoms with Crippen LogP contribution in [0.2, 0.25) is 5.15 Å². The largest absolute Gasteiger partial charge is 0.443 e. The minimum absolute atomic E-state index is 0.00812. The normalized spacial score (nSPS) is 16.8. The summed E-state index contributed by atoms with van der Waals surface area (Å²) >= 11 is 5.85. The number of anilines is 1. The Morgan fingerprint density at radius 1 is 1.41 bits per heavy atom. The van der Waals surface area contributed by atoms with Gasteiger partial charge in [-0.05, 0) is 23.8 Å². The number of ether oxygens (including phenoxy) is 1. The lowest BCUT2D eigenvalue weighted by Crippen LogP contribution is -2.38. The lowest BCUT2D eigenvalue weighted by atomic mass is 9.95. The third-order valence-electron chi connectivity index (χ3n) is 4.80. The Labute approximate surface area is 193 Å². The number of hydrogen-bond donors (Lipinski definition) is 1. The number of nitrogens with zero attached hydrogens (tertiary/aromatic N) is 3. The van der Waals surface area contributed by atoms with Crippen molar-refractivity contribution >= 4 is 40.0 Å². The topological polar surface area (TPSA) is 83.9 Å². The zero-order valence-electron chi connectivity index (χ0n) is 18.2. The SMILES string of the molecule is C=C(OC(=NC)c1cc2c(cc1F)S(=O)CNC(=O)N2Cc1ccc(Cl)nc1)C(C)(C)C. The highest BCUT2D eigenvalue weighted by atomic mass is 35.5. The highest BCUT2D eigenvalue weighted by Crippen LogP contribution is 2.32. The van der Waals surface area contributed by atoms with Gasteiger partial charge in [-0.3, -0.25) is 14.1 Å². The van der Waals surface area contributed by atoms with Crippen molar-refractivity contribution < 1.29 is 18.1 Å². The molecule has 7 nitrogen and oxygen atoms in total. The summed E-state index contributed by atoms with van der Waals surface area (Å²) in [5.41, 5.74) is 0.613. The first-order valence-electron chi connectivity index (χ1n) is 9.73. The Bertz CT molecular complexity index is 1110. The van der Waals surface area contributed by atoms with Crippen LogP contribution in [0.4, 0.5) is 14.9 Å². The third kappa shape index (κ3) is 5.16. The molecule has 10 heteroatoms. The molecule has 0 fully saturated rings. The van der Waals surface area contributed by atoms with Crippen LogP contribution in [0.25, 0.3) is 0 Å². The van der Waals surface area contributed by atoms with Crippen LogP contribution in [0.15, 0.2) is 52.7 Å². The van der Waals surface area contributed by atoms with E-state index in [9.17, 15) is 9.00 Å². The van der Waals surface area contributed by atoms with Crippen molar-refractivity contribution in [2.75, 3.05) is 17.8 Å². The molecule has 1 aromatic carbocycles. The fraction of sp³-hybridized carbons (Fsp3) is 0.318. The van der Waals surface area contributed by atoms with E-state index in [1.54, 1.807) is 12.1 Å². The van der Waals surface area contributed by atoms with Gasteiger partial charge in [0.25, 0.3) is 0 Å². The number of rotatable bonds is 4. The highest BCUT2D eigenvalue weighted by molar-refractivity contribution is 7.85. The molecule has 0 spiro atoms. The Kier molecular flexibility index (Phi) is 7.00. The molecular formula is C22H24ClFN4O3S. The van der Waals surface area contributed by atoms with Crippen molar-refractivity contribution in [3.63, 3.8) is 0 Å². The zero-order chi connectivity index (χ0) is 23.6.